The van der Waals surface area contributed by atoms with Gasteiger partial charge in [-0.25, -0.2) is 0 Å². The quantitative estimate of drug-likeness (QED) is 0.275. The van der Waals surface area contributed by atoms with Gasteiger partial charge in [0.2, 0.25) is 0 Å². The molecule has 0 saturated carbocycles. The van der Waals surface area contributed by atoms with E-state index < -0.39 is 11.8 Å². The fourth-order valence-corrected chi connectivity index (χ4v) is 4.53. The molecule has 32 heavy (non-hydrogen) atoms. The highest BCUT2D eigenvalue weighted by Gasteiger charge is 2.35. The van der Waals surface area contributed by atoms with Gasteiger partial charge in [0.05, 0.1) is 5.69 Å². The number of benzene rings is 3. The molecule has 0 radical (unpaired) electrons. The van der Waals surface area contributed by atoms with Crippen LogP contribution in [0.25, 0.3) is 27.8 Å². The molecule has 0 aliphatic carbocycles. The van der Waals surface area contributed by atoms with E-state index in [-0.39, 0.29) is 10.7 Å². The topological polar surface area (TPSA) is 54.3 Å². The predicted molar refractivity (Wildman–Crippen MR) is 132 cm³/mol. The second-order valence-corrected chi connectivity index (χ2v) is 8.14. The van der Waals surface area contributed by atoms with Gasteiger partial charge in [-0.1, -0.05) is 61.5 Å². The van der Waals surface area contributed by atoms with Crippen molar-refractivity contribution in [1.82, 2.24) is 9.88 Å². The number of anilines is 1. The maximum absolute atomic E-state index is 13.6. The van der Waals surface area contributed by atoms with Gasteiger partial charge in [0, 0.05) is 34.6 Å². The average molecular weight is 440 g/mol. The van der Waals surface area contributed by atoms with E-state index in [1.165, 1.54) is 4.90 Å². The molecule has 0 bridgehead atoms. The number of hydrogen-bond acceptors (Lipinski definition) is 3. The van der Waals surface area contributed by atoms with Gasteiger partial charge in [-0.2, -0.15) is 0 Å². The van der Waals surface area contributed by atoms with E-state index in [1.54, 1.807) is 6.08 Å². The molecule has 3 aromatic carbocycles. The minimum Gasteiger partial charge on any atom is -0.347 e. The van der Waals surface area contributed by atoms with Gasteiger partial charge < -0.3 is 4.57 Å². The summed E-state index contributed by atoms with van der Waals surface area (Å²) in [5.41, 5.74) is 2.62. The Bertz CT molecular complexity index is 1430. The minimum absolute atomic E-state index is 0.0611. The molecule has 0 unspecified atom stereocenters. The summed E-state index contributed by atoms with van der Waals surface area (Å²) in [5, 5.41) is 5.66. The molecule has 2 heterocycles. The van der Waals surface area contributed by atoms with Crippen LogP contribution < -0.4 is 10.2 Å². The molecule has 1 fully saturated rings. The Labute approximate surface area is 190 Å². The summed E-state index contributed by atoms with van der Waals surface area (Å²) in [6, 6.07) is 21.5. The lowest BCUT2D eigenvalue weighted by Gasteiger charge is -2.29. The van der Waals surface area contributed by atoms with Crippen LogP contribution in [0.3, 0.4) is 0 Å². The number of aryl methyl sites for hydroxylation is 1. The van der Waals surface area contributed by atoms with Crippen molar-refractivity contribution in [3.63, 3.8) is 0 Å². The molecular weight excluding hydrogens is 418 g/mol. The van der Waals surface area contributed by atoms with Gasteiger partial charge in [0.1, 0.15) is 5.57 Å². The van der Waals surface area contributed by atoms with Crippen molar-refractivity contribution in [3.8, 4) is 0 Å². The first-order chi connectivity index (χ1) is 15.6. The molecular formula is C26H21N3O2S. The van der Waals surface area contributed by atoms with Crippen molar-refractivity contribution in [2.75, 3.05) is 4.90 Å². The maximum Gasteiger partial charge on any atom is 0.270 e. The lowest BCUT2D eigenvalue weighted by molar-refractivity contribution is -0.122. The van der Waals surface area contributed by atoms with Crippen LogP contribution in [0, 0.1) is 0 Å². The van der Waals surface area contributed by atoms with Gasteiger partial charge in [-0.3, -0.25) is 19.8 Å². The number of rotatable bonds is 4. The van der Waals surface area contributed by atoms with Gasteiger partial charge >= 0.3 is 0 Å². The molecule has 1 N–H and O–H groups in total. The van der Waals surface area contributed by atoms with Crippen molar-refractivity contribution in [2.24, 2.45) is 0 Å². The Hall–Kier alpha value is -3.77. The normalized spacial score (nSPS) is 15.7. The van der Waals surface area contributed by atoms with E-state index in [0.717, 1.165) is 40.2 Å². The lowest BCUT2D eigenvalue weighted by atomic mass is 10.0. The first kappa shape index (κ1) is 20.2. The van der Waals surface area contributed by atoms with Crippen LogP contribution in [0.4, 0.5) is 5.69 Å². The van der Waals surface area contributed by atoms with Crippen molar-refractivity contribution in [2.45, 2.75) is 19.9 Å². The molecule has 1 aliphatic heterocycles. The second kappa shape index (κ2) is 8.05. The molecule has 1 aliphatic rings. The number of thiocarbonyl (C=S) groups is 1. The molecule has 5 rings (SSSR count). The Balaban J connectivity index is 1.64. The zero-order chi connectivity index (χ0) is 22.2. The highest BCUT2D eigenvalue weighted by atomic mass is 32.1. The van der Waals surface area contributed by atoms with Crippen LogP contribution in [-0.4, -0.2) is 21.5 Å². The summed E-state index contributed by atoms with van der Waals surface area (Å²) in [7, 11) is 0. The average Bonchev–Trinajstić information content (AvgIpc) is 3.14. The molecule has 158 valence electrons. The van der Waals surface area contributed by atoms with Gasteiger partial charge in [-0.05, 0) is 42.2 Å². The molecule has 1 saturated heterocycles. The summed E-state index contributed by atoms with van der Waals surface area (Å²) in [6.07, 6.45) is 4.65. The van der Waals surface area contributed by atoms with Crippen molar-refractivity contribution < 1.29 is 9.59 Å². The number of fused-ring (bicyclic) bond motifs is 2. The van der Waals surface area contributed by atoms with Crippen LogP contribution >= 0.6 is 12.2 Å². The third-order valence-corrected chi connectivity index (χ3v) is 5.98. The SMILES string of the molecule is CCCn1cc(/C=C2\C(=O)NC(=S)N(c3cccc4ccccc34)C2=O)c2ccccc21. The smallest absolute Gasteiger partial charge is 0.270 e. The first-order valence-corrected chi connectivity index (χ1v) is 11.0. The summed E-state index contributed by atoms with van der Waals surface area (Å²) >= 11 is 5.40. The third-order valence-electron chi connectivity index (χ3n) is 5.69. The molecule has 0 atom stereocenters. The maximum atomic E-state index is 13.6. The molecule has 2 amide bonds. The highest BCUT2D eigenvalue weighted by molar-refractivity contribution is 7.80. The van der Waals surface area contributed by atoms with E-state index in [2.05, 4.69) is 16.8 Å². The first-order valence-electron chi connectivity index (χ1n) is 10.6. The van der Waals surface area contributed by atoms with Crippen LogP contribution in [0.5, 0.6) is 0 Å². The van der Waals surface area contributed by atoms with Crippen LogP contribution in [0.1, 0.15) is 18.9 Å². The monoisotopic (exact) mass is 439 g/mol. The van der Waals surface area contributed by atoms with E-state index in [1.807, 2.05) is 72.9 Å². The van der Waals surface area contributed by atoms with E-state index >= 15 is 0 Å². The number of nitrogens with one attached hydrogen (secondary N) is 1. The van der Waals surface area contributed by atoms with Crippen LogP contribution in [0.15, 0.2) is 78.5 Å². The Kier molecular flexibility index (Phi) is 5.07. The molecule has 0 spiro atoms. The standard InChI is InChI=1S/C26H21N3O2S/c1-2-14-28-16-18(20-11-5-6-12-22(20)28)15-21-24(30)27-26(32)29(25(21)31)23-13-7-9-17-8-3-4-10-19(17)23/h3-13,15-16H,2,14H2,1H3,(H,27,30,32)/b21-15+. The fourth-order valence-electron chi connectivity index (χ4n) is 4.25. The van der Waals surface area contributed by atoms with Crippen molar-refractivity contribution >= 4 is 62.6 Å². The second-order valence-electron chi connectivity index (χ2n) is 7.75. The number of amides is 2. The number of hydrogen-bond donors (Lipinski definition) is 1. The predicted octanol–water partition coefficient (Wildman–Crippen LogP) is 5.04. The fraction of sp³-hybridized carbons (Fsp3) is 0.115. The summed E-state index contributed by atoms with van der Waals surface area (Å²) in [6.45, 7) is 2.98. The number of aromatic nitrogens is 1. The zero-order valence-corrected chi connectivity index (χ0v) is 18.4. The van der Waals surface area contributed by atoms with Gasteiger partial charge in [0.25, 0.3) is 11.8 Å². The van der Waals surface area contributed by atoms with E-state index in [4.69, 9.17) is 12.2 Å². The number of para-hydroxylation sites is 1. The lowest BCUT2D eigenvalue weighted by Crippen LogP contribution is -2.54. The molecule has 6 heteroatoms. The van der Waals surface area contributed by atoms with Crippen molar-refractivity contribution in [3.05, 3.63) is 84.1 Å². The largest absolute Gasteiger partial charge is 0.347 e. The zero-order valence-electron chi connectivity index (χ0n) is 17.5. The summed E-state index contributed by atoms with van der Waals surface area (Å²) < 4.78 is 2.15. The van der Waals surface area contributed by atoms with E-state index in [0.29, 0.717) is 5.69 Å². The summed E-state index contributed by atoms with van der Waals surface area (Å²) in [4.78, 5) is 27.8. The number of nitrogens with zero attached hydrogens (tertiary/aromatic N) is 2. The van der Waals surface area contributed by atoms with Crippen LogP contribution in [0.2, 0.25) is 0 Å². The highest BCUT2D eigenvalue weighted by Crippen LogP contribution is 2.31. The molecule has 4 aromatic rings. The van der Waals surface area contributed by atoms with Gasteiger partial charge in [-0.15, -0.1) is 0 Å². The minimum atomic E-state index is -0.483. The van der Waals surface area contributed by atoms with Gasteiger partial charge in [0.15, 0.2) is 5.11 Å². The van der Waals surface area contributed by atoms with E-state index in [9.17, 15) is 9.59 Å². The Morgan fingerprint density at radius 3 is 2.47 bits per heavy atom. The number of carbonyl (C=O) groups is 2. The molecule has 1 aromatic heterocycles. The Morgan fingerprint density at radius 1 is 0.938 bits per heavy atom. The van der Waals surface area contributed by atoms with Crippen LogP contribution in [-0.2, 0) is 16.1 Å². The van der Waals surface area contributed by atoms with Crippen molar-refractivity contribution in [1.29, 1.82) is 0 Å². The Morgan fingerprint density at radius 2 is 1.66 bits per heavy atom. The summed E-state index contributed by atoms with van der Waals surface area (Å²) in [5.74, 6) is -0.911. The molecule has 5 nitrogen and oxygen atoms in total. The third kappa shape index (κ3) is 3.29. The number of carbonyl (C=O) groups excluding carboxylic acids is 2.